The highest BCUT2D eigenvalue weighted by Gasteiger charge is 2.20. The van der Waals surface area contributed by atoms with Crippen LogP contribution in [0.5, 0.6) is 0 Å². The third kappa shape index (κ3) is 3.66. The zero-order chi connectivity index (χ0) is 10.4. The quantitative estimate of drug-likeness (QED) is 0.704. The molecule has 1 saturated carbocycles. The molecule has 1 fully saturated rings. The number of carbonyl (C=O) groups excluding carboxylic acids is 1. The maximum absolute atomic E-state index is 11.1. The van der Waals surface area contributed by atoms with E-state index in [1.807, 2.05) is 0 Å². The Morgan fingerprint density at radius 3 is 2.57 bits per heavy atom. The van der Waals surface area contributed by atoms with Gasteiger partial charge in [0.15, 0.2) is 0 Å². The molecular weight excluding hydrogens is 176 g/mol. The van der Waals surface area contributed by atoms with Gasteiger partial charge in [-0.15, -0.1) is 0 Å². The normalized spacial score (nSPS) is 20.6. The van der Waals surface area contributed by atoms with Gasteiger partial charge >= 0.3 is 0 Å². The van der Waals surface area contributed by atoms with Crippen molar-refractivity contribution in [2.45, 2.75) is 64.0 Å². The lowest BCUT2D eigenvalue weighted by Gasteiger charge is -2.26. The molecule has 3 nitrogen and oxygen atoms in total. The molecule has 1 aliphatic carbocycles. The summed E-state index contributed by atoms with van der Waals surface area (Å²) >= 11 is 0. The molecule has 3 heteroatoms. The van der Waals surface area contributed by atoms with Crippen molar-refractivity contribution < 1.29 is 4.79 Å². The summed E-state index contributed by atoms with van der Waals surface area (Å²) < 4.78 is 0. The fourth-order valence-corrected chi connectivity index (χ4v) is 2.15. The Morgan fingerprint density at radius 1 is 1.43 bits per heavy atom. The smallest absolute Gasteiger partial charge is 0.234 e. The van der Waals surface area contributed by atoms with Gasteiger partial charge < -0.3 is 11.1 Å². The van der Waals surface area contributed by atoms with Crippen molar-refractivity contribution in [2.24, 2.45) is 5.73 Å². The average Bonchev–Trinajstić information content (AvgIpc) is 2.18. The van der Waals surface area contributed by atoms with Crippen LogP contribution in [0, 0.1) is 0 Å². The van der Waals surface area contributed by atoms with Crippen LogP contribution < -0.4 is 11.1 Å². The van der Waals surface area contributed by atoms with Crippen LogP contribution in [0.4, 0.5) is 0 Å². The van der Waals surface area contributed by atoms with Crippen molar-refractivity contribution in [3.8, 4) is 0 Å². The van der Waals surface area contributed by atoms with Crippen LogP contribution in [-0.2, 0) is 4.79 Å². The van der Waals surface area contributed by atoms with Gasteiger partial charge in [0.2, 0.25) is 5.91 Å². The molecule has 0 aromatic heterocycles. The van der Waals surface area contributed by atoms with Crippen LogP contribution in [0.3, 0.4) is 0 Å². The van der Waals surface area contributed by atoms with Gasteiger partial charge in [-0.05, 0) is 19.3 Å². The molecule has 0 aliphatic heterocycles. The molecule has 0 spiro atoms. The number of primary amides is 1. The van der Waals surface area contributed by atoms with Crippen LogP contribution in [-0.4, -0.2) is 18.0 Å². The number of hydrogen-bond donors (Lipinski definition) is 2. The summed E-state index contributed by atoms with van der Waals surface area (Å²) in [4.78, 5) is 11.1. The van der Waals surface area contributed by atoms with Crippen molar-refractivity contribution in [3.63, 3.8) is 0 Å². The fourth-order valence-electron chi connectivity index (χ4n) is 2.15. The largest absolute Gasteiger partial charge is 0.368 e. The van der Waals surface area contributed by atoms with E-state index in [-0.39, 0.29) is 11.9 Å². The monoisotopic (exact) mass is 198 g/mol. The predicted molar refractivity (Wildman–Crippen MR) is 57.9 cm³/mol. The van der Waals surface area contributed by atoms with Crippen molar-refractivity contribution in [1.29, 1.82) is 0 Å². The number of carbonyl (C=O) groups is 1. The van der Waals surface area contributed by atoms with Crippen molar-refractivity contribution in [2.75, 3.05) is 0 Å². The van der Waals surface area contributed by atoms with Gasteiger partial charge in [0, 0.05) is 6.04 Å². The van der Waals surface area contributed by atoms with E-state index < -0.39 is 0 Å². The molecule has 82 valence electrons. The molecule has 0 aromatic carbocycles. The summed E-state index contributed by atoms with van der Waals surface area (Å²) in [6, 6.07) is 0.413. The third-order valence-electron chi connectivity index (χ3n) is 2.96. The van der Waals surface area contributed by atoms with Gasteiger partial charge in [0.1, 0.15) is 0 Å². The molecule has 1 unspecified atom stereocenters. The van der Waals surface area contributed by atoms with Crippen LogP contribution in [0.2, 0.25) is 0 Å². The Labute approximate surface area is 86.4 Å². The second kappa shape index (κ2) is 6.02. The first kappa shape index (κ1) is 11.5. The van der Waals surface area contributed by atoms with Gasteiger partial charge in [0.25, 0.3) is 0 Å². The van der Waals surface area contributed by atoms with E-state index in [1.54, 1.807) is 0 Å². The zero-order valence-electron chi connectivity index (χ0n) is 9.09. The maximum atomic E-state index is 11.1. The molecule has 0 saturated heterocycles. The van der Waals surface area contributed by atoms with E-state index in [9.17, 15) is 4.79 Å². The van der Waals surface area contributed by atoms with E-state index in [0.29, 0.717) is 6.04 Å². The lowest BCUT2D eigenvalue weighted by atomic mass is 9.94. The minimum absolute atomic E-state index is 0.108. The number of rotatable bonds is 5. The standard InChI is InChI=1S/C11H22N2O/c1-2-6-10(11(12)14)13-9-7-4-3-5-8-9/h9-10,13H,2-8H2,1H3,(H2,12,14). The highest BCUT2D eigenvalue weighted by molar-refractivity contribution is 5.79. The Balaban J connectivity index is 2.33. The Hall–Kier alpha value is -0.570. The van der Waals surface area contributed by atoms with Gasteiger partial charge in [-0.2, -0.15) is 0 Å². The zero-order valence-corrected chi connectivity index (χ0v) is 9.09. The van der Waals surface area contributed by atoms with E-state index >= 15 is 0 Å². The van der Waals surface area contributed by atoms with E-state index in [0.717, 1.165) is 12.8 Å². The number of nitrogens with two attached hydrogens (primary N) is 1. The summed E-state index contributed by atoms with van der Waals surface area (Å²) in [5.41, 5.74) is 5.34. The summed E-state index contributed by atoms with van der Waals surface area (Å²) in [6.07, 6.45) is 8.19. The molecular formula is C11H22N2O. The van der Waals surface area contributed by atoms with Gasteiger partial charge in [-0.25, -0.2) is 0 Å². The molecule has 1 atom stereocenters. The highest BCUT2D eigenvalue weighted by Crippen LogP contribution is 2.18. The predicted octanol–water partition coefficient (Wildman–Crippen LogP) is 1.56. The van der Waals surface area contributed by atoms with Crippen molar-refractivity contribution in [1.82, 2.24) is 5.32 Å². The summed E-state index contributed by atoms with van der Waals surface area (Å²) in [5.74, 6) is -0.197. The van der Waals surface area contributed by atoms with Crippen molar-refractivity contribution in [3.05, 3.63) is 0 Å². The van der Waals surface area contributed by atoms with Gasteiger partial charge in [-0.3, -0.25) is 4.79 Å². The first-order chi connectivity index (χ1) is 6.74. The Kier molecular flexibility index (Phi) is 4.94. The Bertz CT molecular complexity index is 176. The topological polar surface area (TPSA) is 55.1 Å². The maximum Gasteiger partial charge on any atom is 0.234 e. The molecule has 14 heavy (non-hydrogen) atoms. The molecule has 0 aromatic rings. The number of hydrogen-bond acceptors (Lipinski definition) is 2. The van der Waals surface area contributed by atoms with Crippen LogP contribution in [0.25, 0.3) is 0 Å². The molecule has 0 radical (unpaired) electrons. The highest BCUT2D eigenvalue weighted by atomic mass is 16.1. The van der Waals surface area contributed by atoms with Crippen LogP contribution >= 0.6 is 0 Å². The van der Waals surface area contributed by atoms with E-state index in [2.05, 4.69) is 12.2 Å². The second-order valence-corrected chi connectivity index (χ2v) is 4.25. The summed E-state index contributed by atoms with van der Waals surface area (Å²) in [7, 11) is 0. The molecule has 0 heterocycles. The van der Waals surface area contributed by atoms with Gasteiger partial charge in [-0.1, -0.05) is 32.6 Å². The first-order valence-electron chi connectivity index (χ1n) is 5.79. The molecule has 1 aliphatic rings. The lowest BCUT2D eigenvalue weighted by Crippen LogP contribution is -2.46. The molecule has 1 rings (SSSR count). The fraction of sp³-hybridized carbons (Fsp3) is 0.909. The van der Waals surface area contributed by atoms with E-state index in [1.165, 1.54) is 32.1 Å². The summed E-state index contributed by atoms with van der Waals surface area (Å²) in [5, 5.41) is 3.38. The average molecular weight is 198 g/mol. The summed E-state index contributed by atoms with van der Waals surface area (Å²) in [6.45, 7) is 2.08. The van der Waals surface area contributed by atoms with E-state index in [4.69, 9.17) is 5.73 Å². The molecule has 1 amide bonds. The lowest BCUT2D eigenvalue weighted by molar-refractivity contribution is -0.120. The third-order valence-corrected chi connectivity index (χ3v) is 2.96. The first-order valence-corrected chi connectivity index (χ1v) is 5.79. The minimum Gasteiger partial charge on any atom is -0.368 e. The molecule has 3 N–H and O–H groups in total. The second-order valence-electron chi connectivity index (χ2n) is 4.25. The number of amides is 1. The SMILES string of the molecule is CCCC(NC1CCCCC1)C(N)=O. The Morgan fingerprint density at radius 2 is 2.07 bits per heavy atom. The van der Waals surface area contributed by atoms with Gasteiger partial charge in [0.05, 0.1) is 6.04 Å². The van der Waals surface area contributed by atoms with Crippen LogP contribution in [0.15, 0.2) is 0 Å². The number of nitrogens with one attached hydrogen (secondary N) is 1. The van der Waals surface area contributed by atoms with Crippen LogP contribution in [0.1, 0.15) is 51.9 Å². The van der Waals surface area contributed by atoms with Crippen molar-refractivity contribution >= 4 is 5.91 Å². The molecule has 0 bridgehead atoms. The minimum atomic E-state index is -0.197.